The summed E-state index contributed by atoms with van der Waals surface area (Å²) in [6.45, 7) is 4.26. The van der Waals surface area contributed by atoms with Gasteiger partial charge in [-0.05, 0) is 13.8 Å². The summed E-state index contributed by atoms with van der Waals surface area (Å²) in [4.78, 5) is 15.2. The number of ether oxygens (including phenoxy) is 1. The average molecular weight is 241 g/mol. The second kappa shape index (κ2) is 5.79. The molecule has 0 aliphatic rings. The third-order valence-electron chi connectivity index (χ3n) is 2.46. The van der Waals surface area contributed by atoms with Crippen molar-refractivity contribution < 1.29 is 14.6 Å². The lowest BCUT2D eigenvalue weighted by atomic mass is 10.1. The number of carbonyl (C=O) groups is 1. The fraction of sp³-hybridized carbons (Fsp3) is 0.636. The summed E-state index contributed by atoms with van der Waals surface area (Å²) in [5.74, 6) is -0.639. The molecule has 2 N–H and O–H groups in total. The monoisotopic (exact) mass is 241 g/mol. The molecule has 6 heteroatoms. The maximum Gasteiger partial charge on any atom is 0.338 e. The van der Waals surface area contributed by atoms with Gasteiger partial charge in [0.1, 0.15) is 0 Å². The summed E-state index contributed by atoms with van der Waals surface area (Å²) in [5, 5.41) is 12.9. The van der Waals surface area contributed by atoms with Crippen molar-refractivity contribution in [2.45, 2.75) is 32.0 Å². The van der Waals surface area contributed by atoms with Gasteiger partial charge in [-0.15, -0.1) is 0 Å². The summed E-state index contributed by atoms with van der Waals surface area (Å²) in [7, 11) is 1.26. The predicted octanol–water partition coefficient (Wildman–Crippen LogP) is -0.215. The largest absolute Gasteiger partial charge is 0.467 e. The highest BCUT2D eigenvalue weighted by atomic mass is 16.5. The Bertz CT molecular complexity index is 349. The zero-order valence-electron chi connectivity index (χ0n) is 10.4. The molecular formula is C11H19N3O3. The van der Waals surface area contributed by atoms with Crippen LogP contribution in [0, 0.1) is 0 Å². The smallest absolute Gasteiger partial charge is 0.338 e. The van der Waals surface area contributed by atoms with Gasteiger partial charge in [-0.1, -0.05) is 0 Å². The summed E-state index contributed by atoms with van der Waals surface area (Å²) >= 11 is 0. The fourth-order valence-corrected chi connectivity index (χ4v) is 1.44. The van der Waals surface area contributed by atoms with E-state index in [4.69, 9.17) is 0 Å². The molecule has 1 aromatic rings. The standard InChI is InChI=1S/C11H19N3O3/c1-9(6-14-5-4-12-8-14)13-7-11(2,16)10(15)17-3/h4-5,8-9,13,16H,6-7H2,1-3H3. The van der Waals surface area contributed by atoms with E-state index >= 15 is 0 Å². The second-order valence-corrected chi connectivity index (χ2v) is 4.31. The Labute approximate surface area is 101 Å². The van der Waals surface area contributed by atoms with E-state index in [1.165, 1.54) is 14.0 Å². The van der Waals surface area contributed by atoms with Crippen molar-refractivity contribution in [3.8, 4) is 0 Å². The summed E-state index contributed by atoms with van der Waals surface area (Å²) in [6.07, 6.45) is 5.28. The van der Waals surface area contributed by atoms with Crippen molar-refractivity contribution in [3.05, 3.63) is 18.7 Å². The Balaban J connectivity index is 2.37. The molecule has 96 valence electrons. The molecule has 0 amide bonds. The summed E-state index contributed by atoms with van der Waals surface area (Å²) < 4.78 is 6.43. The Morgan fingerprint density at radius 3 is 2.94 bits per heavy atom. The first kappa shape index (κ1) is 13.7. The topological polar surface area (TPSA) is 76.4 Å². The Kier molecular flexibility index (Phi) is 4.65. The van der Waals surface area contributed by atoms with Gasteiger partial charge < -0.3 is 19.7 Å². The quantitative estimate of drug-likeness (QED) is 0.674. The molecule has 0 aromatic carbocycles. The van der Waals surface area contributed by atoms with Gasteiger partial charge in [-0.25, -0.2) is 9.78 Å². The van der Waals surface area contributed by atoms with E-state index in [1.54, 1.807) is 12.5 Å². The minimum atomic E-state index is -1.50. The minimum absolute atomic E-state index is 0.111. The molecule has 2 unspecified atom stereocenters. The van der Waals surface area contributed by atoms with Crippen LogP contribution in [0.25, 0.3) is 0 Å². The van der Waals surface area contributed by atoms with Crippen LogP contribution in [-0.2, 0) is 16.1 Å². The van der Waals surface area contributed by atoms with Crippen LogP contribution in [0.4, 0.5) is 0 Å². The van der Waals surface area contributed by atoms with Crippen molar-refractivity contribution in [3.63, 3.8) is 0 Å². The molecule has 2 atom stereocenters. The van der Waals surface area contributed by atoms with Gasteiger partial charge in [0.05, 0.1) is 13.4 Å². The average Bonchev–Trinajstić information content (AvgIpc) is 2.78. The van der Waals surface area contributed by atoms with Gasteiger partial charge in [0, 0.05) is 31.5 Å². The highest BCUT2D eigenvalue weighted by molar-refractivity contribution is 5.78. The van der Waals surface area contributed by atoms with E-state index in [0.717, 1.165) is 6.54 Å². The first-order valence-corrected chi connectivity index (χ1v) is 5.45. The van der Waals surface area contributed by atoms with Gasteiger partial charge in [0.25, 0.3) is 0 Å². The fourth-order valence-electron chi connectivity index (χ4n) is 1.44. The molecule has 6 nitrogen and oxygen atoms in total. The number of nitrogens with one attached hydrogen (secondary N) is 1. The van der Waals surface area contributed by atoms with E-state index in [9.17, 15) is 9.90 Å². The van der Waals surface area contributed by atoms with Crippen LogP contribution in [0.15, 0.2) is 18.7 Å². The van der Waals surface area contributed by atoms with E-state index in [2.05, 4.69) is 15.0 Å². The number of imidazole rings is 1. The normalized spacial score (nSPS) is 16.2. The minimum Gasteiger partial charge on any atom is -0.467 e. The molecule has 1 aromatic heterocycles. The first-order chi connectivity index (χ1) is 7.95. The van der Waals surface area contributed by atoms with Crippen LogP contribution < -0.4 is 5.32 Å². The molecular weight excluding hydrogens is 222 g/mol. The zero-order chi connectivity index (χ0) is 12.9. The number of aliphatic hydroxyl groups is 1. The maximum atomic E-state index is 11.2. The number of esters is 1. The van der Waals surface area contributed by atoms with Crippen molar-refractivity contribution in [1.82, 2.24) is 14.9 Å². The zero-order valence-corrected chi connectivity index (χ0v) is 10.4. The molecule has 0 bridgehead atoms. The molecule has 0 radical (unpaired) electrons. The number of rotatable bonds is 6. The lowest BCUT2D eigenvalue weighted by Crippen LogP contribution is -2.48. The molecule has 0 saturated heterocycles. The molecule has 17 heavy (non-hydrogen) atoms. The Morgan fingerprint density at radius 2 is 2.41 bits per heavy atom. The highest BCUT2D eigenvalue weighted by Crippen LogP contribution is 2.04. The lowest BCUT2D eigenvalue weighted by Gasteiger charge is -2.23. The van der Waals surface area contributed by atoms with Crippen LogP contribution >= 0.6 is 0 Å². The summed E-state index contributed by atoms with van der Waals surface area (Å²) in [5.41, 5.74) is -1.50. The van der Waals surface area contributed by atoms with Crippen LogP contribution in [-0.4, -0.2) is 45.9 Å². The number of hydrogen-bond acceptors (Lipinski definition) is 5. The van der Waals surface area contributed by atoms with E-state index in [1.807, 2.05) is 17.7 Å². The van der Waals surface area contributed by atoms with Crippen LogP contribution in [0.1, 0.15) is 13.8 Å². The van der Waals surface area contributed by atoms with Gasteiger partial charge in [0.2, 0.25) is 0 Å². The second-order valence-electron chi connectivity index (χ2n) is 4.31. The van der Waals surface area contributed by atoms with Crippen molar-refractivity contribution in [2.24, 2.45) is 0 Å². The van der Waals surface area contributed by atoms with E-state index < -0.39 is 11.6 Å². The Hall–Kier alpha value is -1.40. The Morgan fingerprint density at radius 1 is 1.71 bits per heavy atom. The first-order valence-electron chi connectivity index (χ1n) is 5.45. The van der Waals surface area contributed by atoms with Gasteiger partial charge in [-0.3, -0.25) is 0 Å². The van der Waals surface area contributed by atoms with Gasteiger partial charge in [-0.2, -0.15) is 0 Å². The van der Waals surface area contributed by atoms with Gasteiger partial charge >= 0.3 is 5.97 Å². The maximum absolute atomic E-state index is 11.2. The van der Waals surface area contributed by atoms with Crippen molar-refractivity contribution >= 4 is 5.97 Å². The molecule has 0 aliphatic heterocycles. The third kappa shape index (κ3) is 4.16. The van der Waals surface area contributed by atoms with Crippen LogP contribution in [0.3, 0.4) is 0 Å². The number of hydrogen-bond donors (Lipinski definition) is 2. The lowest BCUT2D eigenvalue weighted by molar-refractivity contribution is -0.160. The molecule has 1 heterocycles. The predicted molar refractivity (Wildman–Crippen MR) is 62.3 cm³/mol. The van der Waals surface area contributed by atoms with Crippen molar-refractivity contribution in [1.29, 1.82) is 0 Å². The number of aromatic nitrogens is 2. The number of nitrogens with zero attached hydrogens (tertiary/aromatic N) is 2. The SMILES string of the molecule is COC(=O)C(C)(O)CNC(C)Cn1ccnc1. The van der Waals surface area contributed by atoms with E-state index in [-0.39, 0.29) is 12.6 Å². The molecule has 0 fully saturated rings. The molecule has 0 aliphatic carbocycles. The number of carbonyl (C=O) groups excluding carboxylic acids is 1. The van der Waals surface area contributed by atoms with E-state index in [0.29, 0.717) is 0 Å². The third-order valence-corrected chi connectivity index (χ3v) is 2.46. The van der Waals surface area contributed by atoms with Crippen LogP contribution in [0.2, 0.25) is 0 Å². The summed E-state index contributed by atoms with van der Waals surface area (Å²) in [6, 6.07) is 0.111. The number of methoxy groups -OCH3 is 1. The molecule has 0 saturated carbocycles. The highest BCUT2D eigenvalue weighted by Gasteiger charge is 2.31. The van der Waals surface area contributed by atoms with Crippen LogP contribution in [0.5, 0.6) is 0 Å². The molecule has 0 spiro atoms. The molecule has 1 rings (SSSR count). The van der Waals surface area contributed by atoms with Gasteiger partial charge in [0.15, 0.2) is 5.60 Å². The van der Waals surface area contributed by atoms with Crippen molar-refractivity contribution in [2.75, 3.05) is 13.7 Å².